The van der Waals surface area contributed by atoms with Gasteiger partial charge in [0.15, 0.2) is 0 Å². The Morgan fingerprint density at radius 3 is 2.54 bits per heavy atom. The Balaban J connectivity index is 1.51. The Bertz CT molecular complexity index is 1050. The van der Waals surface area contributed by atoms with Gasteiger partial charge in [0, 0.05) is 35.8 Å². The van der Waals surface area contributed by atoms with Gasteiger partial charge >= 0.3 is 0 Å². The van der Waals surface area contributed by atoms with Crippen molar-refractivity contribution in [3.8, 4) is 0 Å². The van der Waals surface area contributed by atoms with Gasteiger partial charge in [-0.25, -0.2) is 0 Å². The summed E-state index contributed by atoms with van der Waals surface area (Å²) in [5.74, 6) is -0.184. The van der Waals surface area contributed by atoms with Crippen LogP contribution in [-0.4, -0.2) is 27.2 Å². The SMILES string of the molecule is CCn1cc(/C=C2\SC(=O)N(CCCc3ccccc3)C2=O)c2ccccc21. The Labute approximate surface area is 168 Å². The normalized spacial score (nSPS) is 15.9. The highest BCUT2D eigenvalue weighted by Gasteiger charge is 2.34. The summed E-state index contributed by atoms with van der Waals surface area (Å²) in [7, 11) is 0. The van der Waals surface area contributed by atoms with Gasteiger partial charge in [-0.3, -0.25) is 14.5 Å². The number of para-hydroxylation sites is 1. The number of hydrogen-bond donors (Lipinski definition) is 0. The van der Waals surface area contributed by atoms with E-state index in [9.17, 15) is 9.59 Å². The van der Waals surface area contributed by atoms with Crippen molar-refractivity contribution in [2.24, 2.45) is 0 Å². The van der Waals surface area contributed by atoms with Crippen molar-refractivity contribution in [3.05, 3.63) is 76.8 Å². The van der Waals surface area contributed by atoms with Crippen molar-refractivity contribution in [3.63, 3.8) is 0 Å². The molecule has 0 saturated carbocycles. The molecule has 5 heteroatoms. The van der Waals surface area contributed by atoms with Crippen LogP contribution in [0.25, 0.3) is 17.0 Å². The fraction of sp³-hybridized carbons (Fsp3) is 0.217. The van der Waals surface area contributed by atoms with Crippen molar-refractivity contribution in [2.45, 2.75) is 26.3 Å². The molecule has 2 aromatic carbocycles. The Hall–Kier alpha value is -2.79. The van der Waals surface area contributed by atoms with E-state index in [0.29, 0.717) is 11.4 Å². The fourth-order valence-corrected chi connectivity index (χ4v) is 4.43. The summed E-state index contributed by atoms with van der Waals surface area (Å²) in [6, 6.07) is 18.3. The lowest BCUT2D eigenvalue weighted by molar-refractivity contribution is -0.122. The molecule has 1 aliphatic heterocycles. The monoisotopic (exact) mass is 390 g/mol. The van der Waals surface area contributed by atoms with Gasteiger partial charge in [-0.15, -0.1) is 0 Å². The number of carbonyl (C=O) groups is 2. The van der Waals surface area contributed by atoms with E-state index in [4.69, 9.17) is 0 Å². The molecule has 4 nitrogen and oxygen atoms in total. The molecule has 4 rings (SSSR count). The van der Waals surface area contributed by atoms with Crippen molar-refractivity contribution in [2.75, 3.05) is 6.54 Å². The molecular formula is C23H22N2O2S. The van der Waals surface area contributed by atoms with E-state index >= 15 is 0 Å². The smallest absolute Gasteiger partial charge is 0.293 e. The summed E-state index contributed by atoms with van der Waals surface area (Å²) in [6.45, 7) is 3.40. The minimum atomic E-state index is -0.184. The zero-order chi connectivity index (χ0) is 19.5. The molecule has 3 aromatic rings. The van der Waals surface area contributed by atoms with Crippen LogP contribution >= 0.6 is 11.8 Å². The first kappa shape index (κ1) is 18.6. The Morgan fingerprint density at radius 1 is 1.00 bits per heavy atom. The first-order valence-corrected chi connectivity index (χ1v) is 10.4. The second-order valence-electron chi connectivity index (χ2n) is 6.81. The number of carbonyl (C=O) groups excluding carboxylic acids is 2. The van der Waals surface area contributed by atoms with E-state index in [1.807, 2.05) is 42.6 Å². The molecular weight excluding hydrogens is 368 g/mol. The van der Waals surface area contributed by atoms with Gasteiger partial charge in [-0.05, 0) is 49.2 Å². The standard InChI is InChI=1S/C23H22N2O2S/c1-2-24-16-18(19-12-6-7-13-20(19)24)15-21-22(26)25(23(27)28-21)14-8-11-17-9-4-3-5-10-17/h3-7,9-10,12-13,15-16H,2,8,11,14H2,1H3/b21-15-. The maximum atomic E-state index is 12.8. The molecule has 0 bridgehead atoms. The molecule has 0 unspecified atom stereocenters. The quantitative estimate of drug-likeness (QED) is 0.534. The van der Waals surface area contributed by atoms with Crippen molar-refractivity contribution in [1.29, 1.82) is 0 Å². The predicted octanol–water partition coefficient (Wildman–Crippen LogP) is 5.33. The number of fused-ring (bicyclic) bond motifs is 1. The summed E-state index contributed by atoms with van der Waals surface area (Å²) in [5, 5.41) is 0.920. The van der Waals surface area contributed by atoms with Crippen molar-refractivity contribution < 1.29 is 9.59 Å². The number of rotatable bonds is 6. The fourth-order valence-electron chi connectivity index (χ4n) is 3.57. The lowest BCUT2D eigenvalue weighted by Crippen LogP contribution is -2.29. The number of thioether (sulfide) groups is 1. The highest BCUT2D eigenvalue weighted by atomic mass is 32.2. The third kappa shape index (κ3) is 3.62. The Kier molecular flexibility index (Phi) is 5.35. The van der Waals surface area contributed by atoms with E-state index in [1.54, 1.807) is 0 Å². The summed E-state index contributed by atoms with van der Waals surface area (Å²) in [4.78, 5) is 27.0. The number of aromatic nitrogens is 1. The average Bonchev–Trinajstić information content (AvgIpc) is 3.21. The summed E-state index contributed by atoms with van der Waals surface area (Å²) in [6.07, 6.45) is 5.53. The second kappa shape index (κ2) is 8.07. The number of nitrogens with zero attached hydrogens (tertiary/aromatic N) is 2. The molecule has 0 spiro atoms. The van der Waals surface area contributed by atoms with Crippen LogP contribution < -0.4 is 0 Å². The van der Waals surface area contributed by atoms with Gasteiger partial charge in [-0.2, -0.15) is 0 Å². The third-order valence-electron chi connectivity index (χ3n) is 5.01. The number of imide groups is 1. The highest BCUT2D eigenvalue weighted by molar-refractivity contribution is 8.18. The zero-order valence-corrected chi connectivity index (χ0v) is 16.6. The largest absolute Gasteiger partial charge is 0.347 e. The minimum absolute atomic E-state index is 0.177. The van der Waals surface area contributed by atoms with Gasteiger partial charge < -0.3 is 4.57 Å². The van der Waals surface area contributed by atoms with Crippen molar-refractivity contribution >= 4 is 39.9 Å². The predicted molar refractivity (Wildman–Crippen MR) is 115 cm³/mol. The zero-order valence-electron chi connectivity index (χ0n) is 15.8. The van der Waals surface area contributed by atoms with Crippen LogP contribution in [0.5, 0.6) is 0 Å². The molecule has 1 saturated heterocycles. The molecule has 0 radical (unpaired) electrons. The van der Waals surface area contributed by atoms with Crippen LogP contribution in [0.3, 0.4) is 0 Å². The molecule has 1 aromatic heterocycles. The van der Waals surface area contributed by atoms with E-state index in [1.165, 1.54) is 10.5 Å². The lowest BCUT2D eigenvalue weighted by Gasteiger charge is -2.12. The molecule has 0 N–H and O–H groups in total. The van der Waals surface area contributed by atoms with Gasteiger partial charge in [0.2, 0.25) is 0 Å². The van der Waals surface area contributed by atoms with Gasteiger partial charge in [-0.1, -0.05) is 48.5 Å². The maximum absolute atomic E-state index is 12.8. The minimum Gasteiger partial charge on any atom is -0.347 e. The number of aryl methyl sites for hydroxylation is 2. The van der Waals surface area contributed by atoms with Gasteiger partial charge in [0.1, 0.15) is 0 Å². The molecule has 2 amide bonds. The summed E-state index contributed by atoms with van der Waals surface area (Å²) >= 11 is 1.04. The van der Waals surface area contributed by atoms with Crippen molar-refractivity contribution in [1.82, 2.24) is 9.47 Å². The Morgan fingerprint density at radius 2 is 1.75 bits per heavy atom. The van der Waals surface area contributed by atoms with Crippen LogP contribution in [0.1, 0.15) is 24.5 Å². The van der Waals surface area contributed by atoms with Crippen LogP contribution in [0.4, 0.5) is 4.79 Å². The van der Waals surface area contributed by atoms with Crippen LogP contribution in [0.15, 0.2) is 65.7 Å². The third-order valence-corrected chi connectivity index (χ3v) is 5.92. The van der Waals surface area contributed by atoms with E-state index in [-0.39, 0.29) is 11.1 Å². The number of hydrogen-bond acceptors (Lipinski definition) is 3. The summed E-state index contributed by atoms with van der Waals surface area (Å²) in [5.41, 5.74) is 3.34. The molecule has 28 heavy (non-hydrogen) atoms. The van der Waals surface area contributed by atoms with Gasteiger partial charge in [0.05, 0.1) is 4.91 Å². The highest BCUT2D eigenvalue weighted by Crippen LogP contribution is 2.34. The topological polar surface area (TPSA) is 42.3 Å². The summed E-state index contributed by atoms with van der Waals surface area (Å²) < 4.78 is 2.16. The molecule has 2 heterocycles. The molecule has 1 aliphatic rings. The number of amides is 2. The van der Waals surface area contributed by atoms with E-state index < -0.39 is 0 Å². The second-order valence-corrected chi connectivity index (χ2v) is 7.80. The average molecular weight is 391 g/mol. The maximum Gasteiger partial charge on any atom is 0.293 e. The molecule has 142 valence electrons. The molecule has 0 aliphatic carbocycles. The van der Waals surface area contributed by atoms with E-state index in [0.717, 1.165) is 47.6 Å². The molecule has 0 atom stereocenters. The molecule has 1 fully saturated rings. The van der Waals surface area contributed by atoms with E-state index in [2.05, 4.69) is 35.8 Å². The van der Waals surface area contributed by atoms with Crippen LogP contribution in [0, 0.1) is 0 Å². The first-order valence-electron chi connectivity index (χ1n) is 9.54. The van der Waals surface area contributed by atoms with Gasteiger partial charge in [0.25, 0.3) is 11.1 Å². The van der Waals surface area contributed by atoms with Crippen LogP contribution in [0.2, 0.25) is 0 Å². The number of benzene rings is 2. The first-order chi connectivity index (χ1) is 13.7. The lowest BCUT2D eigenvalue weighted by atomic mass is 10.1. The van der Waals surface area contributed by atoms with Crippen LogP contribution in [-0.2, 0) is 17.8 Å².